The van der Waals surface area contributed by atoms with Crippen molar-refractivity contribution in [3.63, 3.8) is 0 Å². The summed E-state index contributed by atoms with van der Waals surface area (Å²) in [6, 6.07) is 0. The van der Waals surface area contributed by atoms with Gasteiger partial charge in [0.2, 0.25) is 5.91 Å². The highest BCUT2D eigenvalue weighted by Crippen LogP contribution is 2.00. The van der Waals surface area contributed by atoms with E-state index in [1.807, 2.05) is 13.8 Å². The zero-order valence-electron chi connectivity index (χ0n) is 8.38. The van der Waals surface area contributed by atoms with Crippen LogP contribution in [-0.2, 0) is 9.59 Å². The van der Waals surface area contributed by atoms with Gasteiger partial charge in [0.1, 0.15) is 0 Å². The van der Waals surface area contributed by atoms with E-state index in [0.717, 1.165) is 12.8 Å². The van der Waals surface area contributed by atoms with E-state index in [4.69, 9.17) is 0 Å². The van der Waals surface area contributed by atoms with E-state index in [9.17, 15) is 9.59 Å². The summed E-state index contributed by atoms with van der Waals surface area (Å²) in [5, 5.41) is 0. The fourth-order valence-corrected chi connectivity index (χ4v) is 1.04. The smallest absolute Gasteiger partial charge is 0.252 e. The molecule has 0 aliphatic heterocycles. The zero-order valence-corrected chi connectivity index (χ0v) is 8.38. The lowest BCUT2D eigenvalue weighted by molar-refractivity contribution is -0.142. The van der Waals surface area contributed by atoms with Gasteiger partial charge in [-0.05, 0) is 18.9 Å². The SMILES string of the molecule is C=CC(=O)N(CCC)C(=O)CCC. The average molecular weight is 183 g/mol. The summed E-state index contributed by atoms with van der Waals surface area (Å²) in [6.45, 7) is 7.70. The third kappa shape index (κ3) is 3.87. The highest BCUT2D eigenvalue weighted by atomic mass is 16.2. The van der Waals surface area contributed by atoms with Crippen LogP contribution in [0.1, 0.15) is 33.1 Å². The monoisotopic (exact) mass is 183 g/mol. The first-order chi connectivity index (χ1) is 6.17. The molecule has 0 saturated carbocycles. The number of carbonyl (C=O) groups is 2. The van der Waals surface area contributed by atoms with Crippen LogP contribution in [0.25, 0.3) is 0 Å². The van der Waals surface area contributed by atoms with Gasteiger partial charge in [0.25, 0.3) is 5.91 Å². The molecule has 0 spiro atoms. The van der Waals surface area contributed by atoms with E-state index < -0.39 is 0 Å². The van der Waals surface area contributed by atoms with Crippen molar-refractivity contribution in [1.82, 2.24) is 4.90 Å². The number of hydrogen-bond acceptors (Lipinski definition) is 2. The molecule has 0 atom stereocenters. The van der Waals surface area contributed by atoms with Gasteiger partial charge in [-0.25, -0.2) is 0 Å². The quantitative estimate of drug-likeness (QED) is 0.609. The van der Waals surface area contributed by atoms with Gasteiger partial charge in [0, 0.05) is 13.0 Å². The third-order valence-corrected chi connectivity index (χ3v) is 1.65. The predicted octanol–water partition coefficient (Wildman–Crippen LogP) is 1.74. The van der Waals surface area contributed by atoms with E-state index in [-0.39, 0.29) is 11.8 Å². The molecule has 0 aromatic carbocycles. The normalized spacial score (nSPS) is 9.38. The summed E-state index contributed by atoms with van der Waals surface area (Å²) in [7, 11) is 0. The van der Waals surface area contributed by atoms with Gasteiger partial charge >= 0.3 is 0 Å². The van der Waals surface area contributed by atoms with Crippen LogP contribution in [0.2, 0.25) is 0 Å². The molecule has 3 heteroatoms. The molecular formula is C10H17NO2. The molecule has 0 N–H and O–H groups in total. The third-order valence-electron chi connectivity index (χ3n) is 1.65. The first-order valence-electron chi connectivity index (χ1n) is 4.64. The number of nitrogens with zero attached hydrogens (tertiary/aromatic N) is 1. The predicted molar refractivity (Wildman–Crippen MR) is 52.1 cm³/mol. The van der Waals surface area contributed by atoms with Crippen LogP contribution in [0.15, 0.2) is 12.7 Å². The van der Waals surface area contributed by atoms with Gasteiger partial charge < -0.3 is 0 Å². The Bertz CT molecular complexity index is 199. The summed E-state index contributed by atoms with van der Waals surface area (Å²) in [6.07, 6.45) is 3.17. The van der Waals surface area contributed by atoms with Crippen molar-refractivity contribution < 1.29 is 9.59 Å². The van der Waals surface area contributed by atoms with Crippen LogP contribution in [0.4, 0.5) is 0 Å². The molecule has 0 radical (unpaired) electrons. The molecule has 0 fully saturated rings. The largest absolute Gasteiger partial charge is 0.279 e. The minimum Gasteiger partial charge on any atom is -0.279 e. The Labute approximate surface area is 79.4 Å². The minimum absolute atomic E-state index is 0.103. The fourth-order valence-electron chi connectivity index (χ4n) is 1.04. The van der Waals surface area contributed by atoms with Gasteiger partial charge in [-0.15, -0.1) is 0 Å². The van der Waals surface area contributed by atoms with Crippen LogP contribution in [0, 0.1) is 0 Å². The van der Waals surface area contributed by atoms with E-state index in [1.165, 1.54) is 11.0 Å². The summed E-state index contributed by atoms with van der Waals surface area (Å²) in [5.41, 5.74) is 0. The molecule has 13 heavy (non-hydrogen) atoms. The second-order valence-electron chi connectivity index (χ2n) is 2.84. The van der Waals surface area contributed by atoms with Gasteiger partial charge in [0.15, 0.2) is 0 Å². The van der Waals surface area contributed by atoms with Gasteiger partial charge in [-0.1, -0.05) is 20.4 Å². The Morgan fingerprint density at radius 1 is 1.31 bits per heavy atom. The fraction of sp³-hybridized carbons (Fsp3) is 0.600. The van der Waals surface area contributed by atoms with Crippen molar-refractivity contribution in [2.45, 2.75) is 33.1 Å². The molecule has 0 rings (SSSR count). The first-order valence-corrected chi connectivity index (χ1v) is 4.64. The molecular weight excluding hydrogens is 166 g/mol. The summed E-state index contributed by atoms with van der Waals surface area (Å²) >= 11 is 0. The number of amides is 2. The van der Waals surface area contributed by atoms with Crippen LogP contribution in [0.3, 0.4) is 0 Å². The molecule has 0 heterocycles. The molecule has 2 amide bonds. The van der Waals surface area contributed by atoms with Crippen molar-refractivity contribution >= 4 is 11.8 Å². The summed E-state index contributed by atoms with van der Waals surface area (Å²) < 4.78 is 0. The Hall–Kier alpha value is -1.12. The van der Waals surface area contributed by atoms with Crippen molar-refractivity contribution in [1.29, 1.82) is 0 Å². The second-order valence-corrected chi connectivity index (χ2v) is 2.84. The van der Waals surface area contributed by atoms with Gasteiger partial charge in [-0.3, -0.25) is 14.5 Å². The molecule has 0 saturated heterocycles. The molecule has 0 bridgehead atoms. The average Bonchev–Trinajstić information content (AvgIpc) is 2.13. The summed E-state index contributed by atoms with van der Waals surface area (Å²) in [4.78, 5) is 23.9. The molecule has 0 aliphatic rings. The van der Waals surface area contributed by atoms with Crippen molar-refractivity contribution in [3.8, 4) is 0 Å². The van der Waals surface area contributed by atoms with E-state index in [2.05, 4.69) is 6.58 Å². The van der Waals surface area contributed by atoms with Gasteiger partial charge in [0.05, 0.1) is 0 Å². The molecule has 3 nitrogen and oxygen atoms in total. The first kappa shape index (κ1) is 11.9. The van der Waals surface area contributed by atoms with Crippen molar-refractivity contribution in [2.75, 3.05) is 6.54 Å². The summed E-state index contributed by atoms with van der Waals surface area (Å²) in [5.74, 6) is -0.394. The van der Waals surface area contributed by atoms with E-state index in [1.54, 1.807) is 0 Å². The maximum Gasteiger partial charge on any atom is 0.252 e. The van der Waals surface area contributed by atoms with Crippen molar-refractivity contribution in [2.24, 2.45) is 0 Å². The zero-order chi connectivity index (χ0) is 10.3. The Morgan fingerprint density at radius 3 is 2.31 bits per heavy atom. The molecule has 0 aromatic rings. The Kier molecular flexibility index (Phi) is 5.85. The van der Waals surface area contributed by atoms with Crippen LogP contribution >= 0.6 is 0 Å². The van der Waals surface area contributed by atoms with Crippen LogP contribution < -0.4 is 0 Å². The second kappa shape index (κ2) is 6.40. The molecule has 0 aromatic heterocycles. The Morgan fingerprint density at radius 2 is 1.92 bits per heavy atom. The minimum atomic E-state index is -0.291. The highest BCUT2D eigenvalue weighted by molar-refractivity contribution is 6.00. The van der Waals surface area contributed by atoms with E-state index in [0.29, 0.717) is 13.0 Å². The molecule has 0 aliphatic carbocycles. The van der Waals surface area contributed by atoms with Gasteiger partial charge in [-0.2, -0.15) is 0 Å². The number of carbonyl (C=O) groups excluding carboxylic acids is 2. The molecule has 74 valence electrons. The van der Waals surface area contributed by atoms with E-state index >= 15 is 0 Å². The number of rotatable bonds is 5. The number of hydrogen-bond donors (Lipinski definition) is 0. The van der Waals surface area contributed by atoms with Crippen LogP contribution in [0.5, 0.6) is 0 Å². The lowest BCUT2D eigenvalue weighted by Gasteiger charge is -2.17. The maximum absolute atomic E-state index is 11.4. The molecule has 0 unspecified atom stereocenters. The maximum atomic E-state index is 11.4. The van der Waals surface area contributed by atoms with Crippen molar-refractivity contribution in [3.05, 3.63) is 12.7 Å². The lowest BCUT2D eigenvalue weighted by Crippen LogP contribution is -2.36. The lowest BCUT2D eigenvalue weighted by atomic mass is 10.2. The standard InChI is InChI=1S/C10H17NO2/c1-4-7-10(13)11(8-5-2)9(12)6-3/h6H,3-5,7-8H2,1-2H3. The highest BCUT2D eigenvalue weighted by Gasteiger charge is 2.16. The number of imide groups is 1. The Balaban J connectivity index is 4.30. The topological polar surface area (TPSA) is 37.4 Å². The van der Waals surface area contributed by atoms with Crippen LogP contribution in [-0.4, -0.2) is 23.3 Å².